The highest BCUT2D eigenvalue weighted by Crippen LogP contribution is 2.17. The number of hydrogen-bond donors (Lipinski definition) is 2. The highest BCUT2D eigenvalue weighted by Gasteiger charge is 2.10. The van der Waals surface area contributed by atoms with E-state index in [4.69, 9.17) is 0 Å². The highest BCUT2D eigenvalue weighted by molar-refractivity contribution is 6.03. The second-order valence-corrected chi connectivity index (χ2v) is 4.62. The van der Waals surface area contributed by atoms with Crippen LogP contribution in [0.1, 0.15) is 29.3 Å². The fraction of sp³-hybridized carbons (Fsp3) is 0.357. The second kappa shape index (κ2) is 6.18. The summed E-state index contributed by atoms with van der Waals surface area (Å²) >= 11 is 0. The van der Waals surface area contributed by atoms with Gasteiger partial charge in [0.1, 0.15) is 6.33 Å². The first-order valence-electron chi connectivity index (χ1n) is 6.61. The number of aryl methyl sites for hydroxylation is 2. The van der Waals surface area contributed by atoms with Gasteiger partial charge in [0.25, 0.3) is 5.91 Å². The summed E-state index contributed by atoms with van der Waals surface area (Å²) < 4.78 is 1.52. The first-order valence-corrected chi connectivity index (χ1v) is 6.61. The number of amides is 1. The Kier molecular flexibility index (Phi) is 4.34. The molecule has 0 saturated heterocycles. The van der Waals surface area contributed by atoms with Crippen LogP contribution in [0.25, 0.3) is 0 Å². The van der Waals surface area contributed by atoms with Crippen molar-refractivity contribution in [1.29, 1.82) is 0 Å². The molecule has 0 spiro atoms. The number of anilines is 2. The molecular weight excluding hydrogens is 254 g/mol. The Balaban J connectivity index is 2.11. The molecule has 0 atom stereocenters. The van der Waals surface area contributed by atoms with Gasteiger partial charge in [0, 0.05) is 24.8 Å². The molecule has 1 aromatic carbocycles. The molecule has 0 aliphatic heterocycles. The number of carbonyl (C=O) groups excluding carboxylic acids is 1. The molecule has 0 fully saturated rings. The maximum Gasteiger partial charge on any atom is 0.258 e. The van der Waals surface area contributed by atoms with Crippen molar-refractivity contribution in [2.24, 2.45) is 7.05 Å². The average Bonchev–Trinajstić information content (AvgIpc) is 2.83. The molecule has 0 saturated carbocycles. The van der Waals surface area contributed by atoms with Crippen molar-refractivity contribution in [3.8, 4) is 0 Å². The minimum Gasteiger partial charge on any atom is -0.385 e. The first kappa shape index (κ1) is 14.0. The molecule has 0 radical (unpaired) electrons. The van der Waals surface area contributed by atoms with Crippen LogP contribution in [0.15, 0.2) is 24.5 Å². The minimum absolute atomic E-state index is 0.189. The van der Waals surface area contributed by atoms with Crippen LogP contribution in [-0.2, 0) is 7.05 Å². The topological polar surface area (TPSA) is 71.8 Å². The van der Waals surface area contributed by atoms with Crippen molar-refractivity contribution in [3.63, 3.8) is 0 Å². The highest BCUT2D eigenvalue weighted by atomic mass is 16.1. The molecule has 0 aliphatic carbocycles. The third kappa shape index (κ3) is 3.14. The van der Waals surface area contributed by atoms with E-state index >= 15 is 0 Å². The van der Waals surface area contributed by atoms with Gasteiger partial charge in [0.05, 0.1) is 0 Å². The summed E-state index contributed by atoms with van der Waals surface area (Å²) in [4.78, 5) is 16.1. The van der Waals surface area contributed by atoms with Crippen molar-refractivity contribution >= 4 is 17.5 Å². The Hall–Kier alpha value is -2.37. The van der Waals surface area contributed by atoms with Crippen LogP contribution in [0.5, 0.6) is 0 Å². The van der Waals surface area contributed by atoms with Crippen LogP contribution in [0.4, 0.5) is 11.6 Å². The Morgan fingerprint density at radius 2 is 2.20 bits per heavy atom. The van der Waals surface area contributed by atoms with Crippen molar-refractivity contribution < 1.29 is 4.79 Å². The van der Waals surface area contributed by atoms with Crippen LogP contribution in [0.2, 0.25) is 0 Å². The van der Waals surface area contributed by atoms with E-state index in [0.29, 0.717) is 11.5 Å². The van der Waals surface area contributed by atoms with Gasteiger partial charge in [0.2, 0.25) is 5.95 Å². The molecule has 20 heavy (non-hydrogen) atoms. The van der Waals surface area contributed by atoms with Crippen LogP contribution in [-0.4, -0.2) is 27.2 Å². The Morgan fingerprint density at radius 1 is 1.40 bits per heavy atom. The number of aromatic nitrogens is 3. The SMILES string of the molecule is CCCNc1ccc(C(=O)Nc2ncnn2C)cc1C. The fourth-order valence-electron chi connectivity index (χ4n) is 1.85. The summed E-state index contributed by atoms with van der Waals surface area (Å²) in [5.41, 5.74) is 2.71. The minimum atomic E-state index is -0.189. The zero-order valence-corrected chi connectivity index (χ0v) is 12.0. The summed E-state index contributed by atoms with van der Waals surface area (Å²) in [7, 11) is 1.73. The Morgan fingerprint density at radius 3 is 2.80 bits per heavy atom. The van der Waals surface area contributed by atoms with E-state index in [9.17, 15) is 4.79 Å². The molecule has 2 aromatic rings. The normalized spacial score (nSPS) is 10.3. The third-order valence-corrected chi connectivity index (χ3v) is 2.99. The van der Waals surface area contributed by atoms with Gasteiger partial charge in [-0.2, -0.15) is 10.1 Å². The summed E-state index contributed by atoms with van der Waals surface area (Å²) in [6.07, 6.45) is 2.46. The molecule has 0 unspecified atom stereocenters. The monoisotopic (exact) mass is 273 g/mol. The molecule has 106 valence electrons. The molecule has 1 amide bonds. The van der Waals surface area contributed by atoms with Gasteiger partial charge in [-0.1, -0.05) is 6.92 Å². The molecule has 6 heteroatoms. The maximum absolute atomic E-state index is 12.1. The maximum atomic E-state index is 12.1. The lowest BCUT2D eigenvalue weighted by Crippen LogP contribution is -2.15. The molecule has 2 N–H and O–H groups in total. The van der Waals surface area contributed by atoms with Crippen molar-refractivity contribution in [3.05, 3.63) is 35.7 Å². The summed E-state index contributed by atoms with van der Waals surface area (Å²) in [6.45, 7) is 5.02. The van der Waals surface area contributed by atoms with Gasteiger partial charge >= 0.3 is 0 Å². The van der Waals surface area contributed by atoms with Crippen LogP contribution >= 0.6 is 0 Å². The zero-order valence-electron chi connectivity index (χ0n) is 12.0. The van der Waals surface area contributed by atoms with Crippen molar-refractivity contribution in [1.82, 2.24) is 14.8 Å². The molecule has 6 nitrogen and oxygen atoms in total. The van der Waals surface area contributed by atoms with E-state index in [2.05, 4.69) is 27.6 Å². The van der Waals surface area contributed by atoms with E-state index in [0.717, 1.165) is 24.2 Å². The van der Waals surface area contributed by atoms with E-state index in [1.165, 1.54) is 11.0 Å². The average molecular weight is 273 g/mol. The predicted molar refractivity (Wildman–Crippen MR) is 78.9 cm³/mol. The fourth-order valence-corrected chi connectivity index (χ4v) is 1.85. The number of nitrogens with one attached hydrogen (secondary N) is 2. The Bertz CT molecular complexity index is 605. The van der Waals surface area contributed by atoms with Crippen molar-refractivity contribution in [2.45, 2.75) is 20.3 Å². The lowest BCUT2D eigenvalue weighted by Gasteiger charge is -2.10. The summed E-state index contributed by atoms with van der Waals surface area (Å²) in [6, 6.07) is 5.59. The van der Waals surface area contributed by atoms with Crippen LogP contribution in [0.3, 0.4) is 0 Å². The van der Waals surface area contributed by atoms with E-state index in [-0.39, 0.29) is 5.91 Å². The first-order chi connectivity index (χ1) is 9.61. The largest absolute Gasteiger partial charge is 0.385 e. The number of hydrogen-bond acceptors (Lipinski definition) is 4. The molecule has 0 aliphatic rings. The third-order valence-electron chi connectivity index (χ3n) is 2.99. The number of rotatable bonds is 5. The molecule has 1 aromatic heterocycles. The van der Waals surface area contributed by atoms with E-state index in [1.807, 2.05) is 19.1 Å². The summed E-state index contributed by atoms with van der Waals surface area (Å²) in [5.74, 6) is 0.243. The molecular formula is C14H19N5O. The molecule has 0 bridgehead atoms. The van der Waals surface area contributed by atoms with Crippen LogP contribution < -0.4 is 10.6 Å². The number of carbonyl (C=O) groups is 1. The summed E-state index contributed by atoms with van der Waals surface area (Å²) in [5, 5.41) is 9.96. The standard InChI is InChI=1S/C14H19N5O/c1-4-7-15-12-6-5-11(8-10(12)2)13(20)18-14-16-9-17-19(14)3/h5-6,8-9,15H,4,7H2,1-3H3,(H,16,17,18,20). The van der Waals surface area contributed by atoms with Crippen LogP contribution in [0, 0.1) is 6.92 Å². The number of benzene rings is 1. The quantitative estimate of drug-likeness (QED) is 0.876. The van der Waals surface area contributed by atoms with E-state index in [1.54, 1.807) is 13.1 Å². The lowest BCUT2D eigenvalue weighted by atomic mass is 10.1. The van der Waals surface area contributed by atoms with Gasteiger partial charge in [-0.25, -0.2) is 4.68 Å². The van der Waals surface area contributed by atoms with Crippen molar-refractivity contribution in [2.75, 3.05) is 17.2 Å². The Labute approximate surface area is 118 Å². The molecule has 2 rings (SSSR count). The second-order valence-electron chi connectivity index (χ2n) is 4.62. The number of nitrogens with zero attached hydrogens (tertiary/aromatic N) is 3. The van der Waals surface area contributed by atoms with Gasteiger partial charge in [0.15, 0.2) is 0 Å². The smallest absolute Gasteiger partial charge is 0.258 e. The predicted octanol–water partition coefficient (Wildman–Crippen LogP) is 2.20. The molecule has 1 heterocycles. The van der Waals surface area contributed by atoms with E-state index < -0.39 is 0 Å². The zero-order chi connectivity index (χ0) is 14.5. The van der Waals surface area contributed by atoms with Gasteiger partial charge in [-0.15, -0.1) is 0 Å². The van der Waals surface area contributed by atoms with Gasteiger partial charge in [-0.05, 0) is 37.1 Å². The van der Waals surface area contributed by atoms with Gasteiger partial charge in [-0.3, -0.25) is 10.1 Å². The van der Waals surface area contributed by atoms with Gasteiger partial charge < -0.3 is 5.32 Å². The lowest BCUT2D eigenvalue weighted by molar-refractivity contribution is 0.102.